The van der Waals surface area contributed by atoms with E-state index < -0.39 is 0 Å². The maximum atomic E-state index is 12.1. The molecule has 1 aromatic rings. The molecule has 2 amide bonds. The number of benzene rings is 1. The first-order chi connectivity index (χ1) is 10.7. The van der Waals surface area contributed by atoms with Crippen LogP contribution >= 0.6 is 0 Å². The van der Waals surface area contributed by atoms with Crippen molar-refractivity contribution in [3.05, 3.63) is 29.8 Å². The molecule has 120 valence electrons. The maximum absolute atomic E-state index is 12.1. The van der Waals surface area contributed by atoms with Gasteiger partial charge in [0.1, 0.15) is 5.75 Å². The Morgan fingerprint density at radius 3 is 2.68 bits per heavy atom. The first kappa shape index (κ1) is 16.3. The second kappa shape index (κ2) is 8.38. The van der Waals surface area contributed by atoms with E-state index in [4.69, 9.17) is 4.74 Å². The van der Waals surface area contributed by atoms with Crippen LogP contribution in [-0.4, -0.2) is 62.0 Å². The molecule has 0 bridgehead atoms. The van der Waals surface area contributed by atoms with Crippen molar-refractivity contribution in [3.8, 4) is 5.75 Å². The quantitative estimate of drug-likeness (QED) is 0.588. The summed E-state index contributed by atoms with van der Waals surface area (Å²) in [7, 11) is 1.65. The van der Waals surface area contributed by atoms with Gasteiger partial charge in [0.25, 0.3) is 0 Å². The number of piperazine rings is 1. The molecule has 1 heterocycles. The van der Waals surface area contributed by atoms with Crippen molar-refractivity contribution in [2.24, 2.45) is 0 Å². The lowest BCUT2D eigenvalue weighted by atomic mass is 10.2. The lowest BCUT2D eigenvalue weighted by Gasteiger charge is -2.32. The summed E-state index contributed by atoms with van der Waals surface area (Å²) in [4.78, 5) is 26.2. The Hall–Kier alpha value is -2.08. The number of para-hydroxylation sites is 1. The number of nitrogens with zero attached hydrogens (tertiary/aromatic N) is 2. The molecule has 1 aromatic carbocycles. The fourth-order valence-electron chi connectivity index (χ4n) is 2.50. The largest absolute Gasteiger partial charge is 0.496 e. The molecule has 1 fully saturated rings. The SMILES string of the molecule is COc1ccccc1CNCCC(=O)N1CCN(C=O)CC1. The van der Waals surface area contributed by atoms with Crippen LogP contribution in [0.1, 0.15) is 12.0 Å². The molecule has 1 N–H and O–H groups in total. The van der Waals surface area contributed by atoms with Gasteiger partial charge in [0, 0.05) is 51.3 Å². The van der Waals surface area contributed by atoms with Gasteiger partial charge in [0.2, 0.25) is 12.3 Å². The highest BCUT2D eigenvalue weighted by molar-refractivity contribution is 5.76. The summed E-state index contributed by atoms with van der Waals surface area (Å²) < 4.78 is 5.29. The fourth-order valence-corrected chi connectivity index (χ4v) is 2.50. The summed E-state index contributed by atoms with van der Waals surface area (Å²) in [6, 6.07) is 7.84. The zero-order valence-electron chi connectivity index (χ0n) is 13.0. The van der Waals surface area contributed by atoms with Gasteiger partial charge < -0.3 is 19.9 Å². The van der Waals surface area contributed by atoms with E-state index in [2.05, 4.69) is 5.32 Å². The number of amides is 2. The molecule has 2 rings (SSSR count). The van der Waals surface area contributed by atoms with Crippen LogP contribution in [0.25, 0.3) is 0 Å². The van der Waals surface area contributed by atoms with E-state index >= 15 is 0 Å². The zero-order valence-corrected chi connectivity index (χ0v) is 13.0. The first-order valence-electron chi connectivity index (χ1n) is 7.54. The predicted molar refractivity (Wildman–Crippen MR) is 83.5 cm³/mol. The van der Waals surface area contributed by atoms with Gasteiger partial charge in [-0.2, -0.15) is 0 Å². The molecule has 0 aromatic heterocycles. The number of rotatable bonds is 7. The van der Waals surface area contributed by atoms with Crippen molar-refractivity contribution in [1.29, 1.82) is 0 Å². The lowest BCUT2D eigenvalue weighted by molar-refractivity contribution is -0.135. The van der Waals surface area contributed by atoms with Gasteiger partial charge in [-0.15, -0.1) is 0 Å². The van der Waals surface area contributed by atoms with Gasteiger partial charge in [-0.1, -0.05) is 18.2 Å². The van der Waals surface area contributed by atoms with Crippen LogP contribution in [0.3, 0.4) is 0 Å². The molecule has 0 unspecified atom stereocenters. The molecule has 0 radical (unpaired) electrons. The number of carbonyl (C=O) groups is 2. The van der Waals surface area contributed by atoms with Crippen molar-refractivity contribution in [1.82, 2.24) is 15.1 Å². The highest BCUT2D eigenvalue weighted by Crippen LogP contribution is 2.16. The zero-order chi connectivity index (χ0) is 15.8. The van der Waals surface area contributed by atoms with Crippen molar-refractivity contribution in [2.75, 3.05) is 39.8 Å². The van der Waals surface area contributed by atoms with Crippen molar-refractivity contribution >= 4 is 12.3 Å². The van der Waals surface area contributed by atoms with Gasteiger partial charge in [-0.05, 0) is 6.07 Å². The molecular weight excluding hydrogens is 282 g/mol. The molecule has 0 atom stereocenters. The smallest absolute Gasteiger partial charge is 0.223 e. The topological polar surface area (TPSA) is 61.9 Å². The second-order valence-electron chi connectivity index (χ2n) is 5.26. The summed E-state index contributed by atoms with van der Waals surface area (Å²) in [6.07, 6.45) is 1.31. The third kappa shape index (κ3) is 4.46. The summed E-state index contributed by atoms with van der Waals surface area (Å²) in [5.74, 6) is 0.990. The predicted octanol–water partition coefficient (Wildman–Crippen LogP) is 0.476. The number of methoxy groups -OCH3 is 1. The Bertz CT molecular complexity index is 499. The van der Waals surface area contributed by atoms with Crippen LogP contribution in [0.5, 0.6) is 5.75 Å². The normalized spacial score (nSPS) is 14.8. The van der Waals surface area contributed by atoms with E-state index in [0.29, 0.717) is 45.7 Å². The monoisotopic (exact) mass is 305 g/mol. The molecule has 0 aliphatic carbocycles. The van der Waals surface area contributed by atoms with Crippen molar-refractivity contribution in [3.63, 3.8) is 0 Å². The Morgan fingerprint density at radius 1 is 1.27 bits per heavy atom. The number of nitrogens with one attached hydrogen (secondary N) is 1. The number of hydrogen-bond acceptors (Lipinski definition) is 4. The third-order valence-electron chi connectivity index (χ3n) is 3.84. The summed E-state index contributed by atoms with van der Waals surface area (Å²) in [6.45, 7) is 3.82. The highest BCUT2D eigenvalue weighted by atomic mass is 16.5. The van der Waals surface area contributed by atoms with E-state index in [1.807, 2.05) is 29.2 Å². The van der Waals surface area contributed by atoms with Crippen molar-refractivity contribution in [2.45, 2.75) is 13.0 Å². The molecule has 0 saturated carbocycles. The minimum Gasteiger partial charge on any atom is -0.496 e. The van der Waals surface area contributed by atoms with Gasteiger partial charge >= 0.3 is 0 Å². The fraction of sp³-hybridized carbons (Fsp3) is 0.500. The Morgan fingerprint density at radius 2 is 2.00 bits per heavy atom. The summed E-state index contributed by atoms with van der Waals surface area (Å²) in [5, 5.41) is 3.27. The first-order valence-corrected chi connectivity index (χ1v) is 7.54. The molecule has 0 spiro atoms. The summed E-state index contributed by atoms with van der Waals surface area (Å²) >= 11 is 0. The Balaban J connectivity index is 1.68. The van der Waals surface area contributed by atoms with E-state index in [-0.39, 0.29) is 5.91 Å². The van der Waals surface area contributed by atoms with Gasteiger partial charge in [-0.3, -0.25) is 9.59 Å². The minimum atomic E-state index is 0.137. The standard InChI is InChI=1S/C16H23N3O3/c1-22-15-5-3-2-4-14(15)12-17-7-6-16(21)19-10-8-18(13-20)9-11-19/h2-5,13,17H,6-12H2,1H3. The molecule has 1 aliphatic rings. The second-order valence-corrected chi connectivity index (χ2v) is 5.26. The lowest BCUT2D eigenvalue weighted by Crippen LogP contribution is -2.48. The molecule has 6 heteroatoms. The number of hydrogen-bond donors (Lipinski definition) is 1. The molecular formula is C16H23N3O3. The van der Waals surface area contributed by atoms with Crippen molar-refractivity contribution < 1.29 is 14.3 Å². The van der Waals surface area contributed by atoms with Crippen LogP contribution in [0.2, 0.25) is 0 Å². The van der Waals surface area contributed by atoms with E-state index in [1.54, 1.807) is 12.0 Å². The Labute approximate surface area is 131 Å². The highest BCUT2D eigenvalue weighted by Gasteiger charge is 2.19. The van der Waals surface area contributed by atoms with Crippen LogP contribution in [0, 0.1) is 0 Å². The average molecular weight is 305 g/mol. The van der Waals surface area contributed by atoms with Gasteiger partial charge in [0.05, 0.1) is 7.11 Å². The molecule has 1 aliphatic heterocycles. The van der Waals surface area contributed by atoms with E-state index in [9.17, 15) is 9.59 Å². The molecule has 6 nitrogen and oxygen atoms in total. The maximum Gasteiger partial charge on any atom is 0.223 e. The van der Waals surface area contributed by atoms with Crippen LogP contribution in [0.15, 0.2) is 24.3 Å². The van der Waals surface area contributed by atoms with Crippen LogP contribution in [-0.2, 0) is 16.1 Å². The Kier molecular flexibility index (Phi) is 6.21. The number of ether oxygens (including phenoxy) is 1. The van der Waals surface area contributed by atoms with Crippen LogP contribution < -0.4 is 10.1 Å². The van der Waals surface area contributed by atoms with Gasteiger partial charge in [-0.25, -0.2) is 0 Å². The molecule has 1 saturated heterocycles. The average Bonchev–Trinajstić information content (AvgIpc) is 2.59. The minimum absolute atomic E-state index is 0.137. The van der Waals surface area contributed by atoms with E-state index in [1.165, 1.54) is 0 Å². The van der Waals surface area contributed by atoms with Gasteiger partial charge in [0.15, 0.2) is 0 Å². The summed E-state index contributed by atoms with van der Waals surface area (Å²) in [5.41, 5.74) is 1.08. The third-order valence-corrected chi connectivity index (χ3v) is 3.84. The number of carbonyl (C=O) groups excluding carboxylic acids is 2. The van der Waals surface area contributed by atoms with Crippen LogP contribution in [0.4, 0.5) is 0 Å². The van der Waals surface area contributed by atoms with E-state index in [0.717, 1.165) is 17.7 Å². The molecule has 22 heavy (non-hydrogen) atoms.